The van der Waals surface area contributed by atoms with Crippen molar-refractivity contribution in [3.63, 3.8) is 0 Å². The average molecular weight is 695 g/mol. The summed E-state index contributed by atoms with van der Waals surface area (Å²) in [7, 11) is 0. The van der Waals surface area contributed by atoms with Crippen LogP contribution in [0.3, 0.4) is 0 Å². The SMILES string of the molecule is CCc1ccc2c(c1)[cH-]c1c(C3=CC=CC3)c(CC)c(-c3ccccc3)c(-c3ccccc3)c12.[Zr]=[C](c1ccccc1)c1ccccc1. The molecule has 0 radical (unpaired) electrons. The van der Waals surface area contributed by atoms with Gasteiger partial charge in [-0.3, -0.25) is 0 Å². The molecule has 0 saturated heterocycles. The predicted molar refractivity (Wildman–Crippen MR) is 205 cm³/mol. The number of hydrogen-bond acceptors (Lipinski definition) is 0. The summed E-state index contributed by atoms with van der Waals surface area (Å²) in [4.78, 5) is 0. The van der Waals surface area contributed by atoms with Gasteiger partial charge in [-0.1, -0.05) is 133 Å². The Balaban J connectivity index is 0.000000218. The molecule has 0 nitrogen and oxygen atoms in total. The van der Waals surface area contributed by atoms with Crippen molar-refractivity contribution in [2.24, 2.45) is 0 Å². The van der Waals surface area contributed by atoms with Crippen molar-refractivity contribution in [2.45, 2.75) is 33.1 Å². The fourth-order valence-electron chi connectivity index (χ4n) is 7.13. The molecule has 0 unspecified atom stereocenters. The van der Waals surface area contributed by atoms with Gasteiger partial charge in [0.25, 0.3) is 0 Å². The van der Waals surface area contributed by atoms with Crippen molar-refractivity contribution in [2.75, 3.05) is 0 Å². The Morgan fingerprint density at radius 2 is 1.19 bits per heavy atom. The van der Waals surface area contributed by atoms with E-state index in [9.17, 15) is 0 Å². The number of benzene rings is 6. The number of rotatable bonds is 7. The van der Waals surface area contributed by atoms with Crippen LogP contribution in [0.25, 0.3) is 49.4 Å². The summed E-state index contributed by atoms with van der Waals surface area (Å²) in [5.41, 5.74) is 13.7. The molecular formula is C47H39Zr-. The van der Waals surface area contributed by atoms with Crippen LogP contribution in [0.4, 0.5) is 0 Å². The molecule has 0 N–H and O–H groups in total. The molecule has 232 valence electrons. The summed E-state index contributed by atoms with van der Waals surface area (Å²) in [5, 5.41) is 5.50. The molecule has 1 heteroatoms. The van der Waals surface area contributed by atoms with Gasteiger partial charge in [0.1, 0.15) is 0 Å². The van der Waals surface area contributed by atoms with Gasteiger partial charge >= 0.3 is 99.2 Å². The summed E-state index contributed by atoms with van der Waals surface area (Å²) in [6, 6.07) is 52.6. The van der Waals surface area contributed by atoms with E-state index in [1.165, 1.54) is 105 Å². The van der Waals surface area contributed by atoms with Crippen molar-refractivity contribution in [1.29, 1.82) is 0 Å². The molecule has 8 rings (SSSR count). The number of allylic oxidation sites excluding steroid dienone is 4. The second-order valence-corrected chi connectivity index (χ2v) is 13.6. The monoisotopic (exact) mass is 693 g/mol. The topological polar surface area (TPSA) is 0 Å². The zero-order valence-electron chi connectivity index (χ0n) is 27.7. The van der Waals surface area contributed by atoms with Crippen LogP contribution < -0.4 is 0 Å². The van der Waals surface area contributed by atoms with Crippen molar-refractivity contribution in [3.8, 4) is 22.3 Å². The van der Waals surface area contributed by atoms with Gasteiger partial charge in [-0.15, -0.1) is 28.3 Å². The number of aryl methyl sites for hydroxylation is 1. The summed E-state index contributed by atoms with van der Waals surface area (Å²) in [5.74, 6) is 0. The fraction of sp³-hybridized carbons (Fsp3) is 0.106. The van der Waals surface area contributed by atoms with E-state index in [1.807, 2.05) is 0 Å². The summed E-state index contributed by atoms with van der Waals surface area (Å²) in [6.07, 6.45) is 9.87. The Morgan fingerprint density at radius 3 is 1.71 bits per heavy atom. The molecular weight excluding hydrogens is 656 g/mol. The summed E-state index contributed by atoms with van der Waals surface area (Å²) < 4.78 is 1.42. The minimum atomic E-state index is 0.994. The first-order chi connectivity index (χ1) is 23.7. The van der Waals surface area contributed by atoms with Crippen LogP contribution >= 0.6 is 0 Å². The van der Waals surface area contributed by atoms with Crippen LogP contribution in [0, 0.1) is 0 Å². The van der Waals surface area contributed by atoms with Crippen molar-refractivity contribution in [3.05, 3.63) is 192 Å². The second-order valence-electron chi connectivity index (χ2n) is 12.3. The molecule has 0 amide bonds. The summed E-state index contributed by atoms with van der Waals surface area (Å²) in [6.45, 7) is 4.55. The van der Waals surface area contributed by atoms with E-state index >= 15 is 0 Å². The minimum absolute atomic E-state index is 0.994. The van der Waals surface area contributed by atoms with Gasteiger partial charge in [0.2, 0.25) is 0 Å². The van der Waals surface area contributed by atoms with Gasteiger partial charge in [-0.05, 0) is 41.5 Å². The van der Waals surface area contributed by atoms with E-state index in [4.69, 9.17) is 0 Å². The standard InChI is InChI=1S/C34H29.C13H10.Zr/c1-3-23-19-20-29-27(21-23)22-30-31(24-17-11-12-18-24)28(4-2)32(25-13-7-5-8-14-25)33(34(29)30)26-15-9-6-10-16-26;1-3-7-12(8-4-1)11-13-9-5-2-6-10-13;/h5-17,19-22H,3-4,18H2,1-2H3;1-10H;/q-1;;. The third kappa shape index (κ3) is 6.33. The molecule has 0 spiro atoms. The average Bonchev–Trinajstić information content (AvgIpc) is 3.83. The molecule has 0 heterocycles. The Morgan fingerprint density at radius 1 is 0.625 bits per heavy atom. The van der Waals surface area contributed by atoms with E-state index in [1.54, 1.807) is 0 Å². The molecule has 1 aliphatic carbocycles. The van der Waals surface area contributed by atoms with Crippen molar-refractivity contribution < 1.29 is 24.2 Å². The van der Waals surface area contributed by atoms with Gasteiger partial charge in [0, 0.05) is 0 Å². The Kier molecular flexibility index (Phi) is 9.78. The first kappa shape index (κ1) is 32.0. The van der Waals surface area contributed by atoms with E-state index < -0.39 is 0 Å². The third-order valence-corrected chi connectivity index (χ3v) is 10.9. The zero-order chi connectivity index (χ0) is 32.9. The molecule has 0 saturated carbocycles. The van der Waals surface area contributed by atoms with Crippen LogP contribution in [-0.4, -0.2) is 3.21 Å². The predicted octanol–water partition coefficient (Wildman–Crippen LogP) is 12.3. The third-order valence-electron chi connectivity index (χ3n) is 9.43. The number of fused-ring (bicyclic) bond motifs is 3. The van der Waals surface area contributed by atoms with Crippen molar-refractivity contribution >= 4 is 30.3 Å². The van der Waals surface area contributed by atoms with Crippen LogP contribution in [-0.2, 0) is 37.1 Å². The Labute approximate surface area is 299 Å². The van der Waals surface area contributed by atoms with Crippen LogP contribution in [0.1, 0.15) is 48.1 Å². The van der Waals surface area contributed by atoms with Crippen LogP contribution in [0.5, 0.6) is 0 Å². The van der Waals surface area contributed by atoms with Gasteiger partial charge in [0.05, 0.1) is 0 Å². The number of hydrogen-bond donors (Lipinski definition) is 0. The van der Waals surface area contributed by atoms with E-state index in [2.05, 4.69) is 178 Å². The van der Waals surface area contributed by atoms with Gasteiger partial charge in [-0.25, -0.2) is 0 Å². The molecule has 1 aliphatic rings. The van der Waals surface area contributed by atoms with Crippen LogP contribution in [0.15, 0.2) is 164 Å². The van der Waals surface area contributed by atoms with Gasteiger partial charge in [0.15, 0.2) is 0 Å². The molecule has 0 atom stereocenters. The fourth-order valence-corrected chi connectivity index (χ4v) is 7.95. The summed E-state index contributed by atoms with van der Waals surface area (Å²) >= 11 is 1.46. The molecule has 7 aromatic rings. The normalized spacial score (nSPS) is 12.1. The molecule has 7 aromatic carbocycles. The van der Waals surface area contributed by atoms with Gasteiger partial charge in [-0.2, -0.15) is 0 Å². The van der Waals surface area contributed by atoms with Crippen molar-refractivity contribution in [1.82, 2.24) is 0 Å². The molecule has 0 bridgehead atoms. The first-order valence-corrected chi connectivity index (χ1v) is 18.3. The van der Waals surface area contributed by atoms with E-state index in [-0.39, 0.29) is 0 Å². The molecule has 0 fully saturated rings. The Bertz CT molecular complexity index is 2210. The van der Waals surface area contributed by atoms with Crippen LogP contribution in [0.2, 0.25) is 0 Å². The zero-order valence-corrected chi connectivity index (χ0v) is 30.2. The quantitative estimate of drug-likeness (QED) is 0.146. The maximum atomic E-state index is 2.46. The first-order valence-electron chi connectivity index (χ1n) is 17.0. The molecule has 0 aromatic heterocycles. The maximum absolute atomic E-state index is 2.46. The van der Waals surface area contributed by atoms with E-state index in [0.29, 0.717) is 0 Å². The second kappa shape index (κ2) is 14.7. The van der Waals surface area contributed by atoms with E-state index in [0.717, 1.165) is 19.3 Å². The molecule has 48 heavy (non-hydrogen) atoms. The Hall–Kier alpha value is -4.58. The van der Waals surface area contributed by atoms with Gasteiger partial charge < -0.3 is 0 Å². The molecule has 0 aliphatic heterocycles.